The topological polar surface area (TPSA) is 17.1 Å². The molecule has 0 amide bonds. The summed E-state index contributed by atoms with van der Waals surface area (Å²) in [7, 11) is 0. The molecular formula is C27H45ClO. The van der Waals surface area contributed by atoms with E-state index in [1.54, 1.807) is 0 Å². The zero-order chi connectivity index (χ0) is 21.0. The summed E-state index contributed by atoms with van der Waals surface area (Å²) in [4.78, 5) is 12.3. The highest BCUT2D eigenvalue weighted by atomic mass is 35.5. The van der Waals surface area contributed by atoms with Crippen LogP contribution < -0.4 is 0 Å². The number of hydrogen-bond acceptors (Lipinski definition) is 1. The molecule has 29 heavy (non-hydrogen) atoms. The van der Waals surface area contributed by atoms with Crippen LogP contribution in [0.15, 0.2) is 0 Å². The van der Waals surface area contributed by atoms with Gasteiger partial charge in [0, 0.05) is 6.42 Å². The fraction of sp³-hybridized carbons (Fsp3) is 0.963. The van der Waals surface area contributed by atoms with Gasteiger partial charge in [-0.05, 0) is 97.2 Å². The van der Waals surface area contributed by atoms with Crippen molar-refractivity contribution in [3.63, 3.8) is 0 Å². The summed E-state index contributed by atoms with van der Waals surface area (Å²) in [5.74, 6) is 6.19. The maximum atomic E-state index is 12.3. The van der Waals surface area contributed by atoms with Gasteiger partial charge in [-0.25, -0.2) is 0 Å². The number of fused-ring (bicyclic) bond motifs is 5. The zero-order valence-electron chi connectivity index (χ0n) is 19.7. The summed E-state index contributed by atoms with van der Waals surface area (Å²) in [6.07, 6.45) is 14.3. The number of carbonyl (C=O) groups is 1. The Balaban J connectivity index is 1.48. The van der Waals surface area contributed by atoms with Crippen LogP contribution in [0.4, 0.5) is 0 Å². The van der Waals surface area contributed by atoms with Gasteiger partial charge in [-0.15, -0.1) is 11.6 Å². The third-order valence-electron chi connectivity index (χ3n) is 10.7. The van der Waals surface area contributed by atoms with E-state index in [1.165, 1.54) is 57.8 Å². The highest BCUT2D eigenvalue weighted by Crippen LogP contribution is 2.68. The average molecular weight is 421 g/mol. The third kappa shape index (κ3) is 3.74. The number of Topliss-reactive ketones (excluding diaryl/α,β-unsaturated/α-hetero) is 1. The van der Waals surface area contributed by atoms with Crippen molar-refractivity contribution in [1.82, 2.24) is 0 Å². The fourth-order valence-corrected chi connectivity index (χ4v) is 9.51. The van der Waals surface area contributed by atoms with Gasteiger partial charge < -0.3 is 0 Å². The number of hydrogen-bond donors (Lipinski definition) is 0. The van der Waals surface area contributed by atoms with E-state index in [0.717, 1.165) is 48.3 Å². The van der Waals surface area contributed by atoms with Crippen molar-refractivity contribution >= 4 is 17.4 Å². The van der Waals surface area contributed by atoms with E-state index in [-0.39, 0.29) is 5.38 Å². The maximum Gasteiger partial charge on any atom is 0.150 e. The van der Waals surface area contributed by atoms with Crippen LogP contribution in [0.2, 0.25) is 0 Å². The summed E-state index contributed by atoms with van der Waals surface area (Å²) in [5.41, 5.74) is 0.873. The molecule has 4 aliphatic carbocycles. The van der Waals surface area contributed by atoms with Gasteiger partial charge in [-0.2, -0.15) is 0 Å². The van der Waals surface area contributed by atoms with Gasteiger partial charge in [0.2, 0.25) is 0 Å². The van der Waals surface area contributed by atoms with Gasteiger partial charge >= 0.3 is 0 Å². The van der Waals surface area contributed by atoms with E-state index in [9.17, 15) is 4.79 Å². The minimum atomic E-state index is -0.222. The zero-order valence-corrected chi connectivity index (χ0v) is 20.4. The Morgan fingerprint density at radius 1 is 0.966 bits per heavy atom. The SMILES string of the molecule is CC(C)CCC[C@@H](C)[C@H]1CC[C@H]2[C@@H]3CCC4CC(=O)C(Cl)C[C@]4(C)[C@H]3CC[C@]12C. The molecule has 4 fully saturated rings. The number of rotatable bonds is 5. The van der Waals surface area contributed by atoms with Gasteiger partial charge in [0.25, 0.3) is 0 Å². The predicted octanol–water partition coefficient (Wildman–Crippen LogP) is 7.89. The molecule has 0 aromatic carbocycles. The normalized spacial score (nSPS) is 48.2. The first-order chi connectivity index (χ1) is 13.7. The Labute approximate surface area is 185 Å². The van der Waals surface area contributed by atoms with E-state index in [1.807, 2.05) is 0 Å². The van der Waals surface area contributed by atoms with E-state index in [0.29, 0.717) is 22.5 Å². The molecule has 0 N–H and O–H groups in total. The van der Waals surface area contributed by atoms with E-state index < -0.39 is 0 Å². The molecule has 1 nitrogen and oxygen atoms in total. The van der Waals surface area contributed by atoms with Crippen LogP contribution >= 0.6 is 11.6 Å². The summed E-state index contributed by atoms with van der Waals surface area (Å²) in [6, 6.07) is 0. The summed E-state index contributed by atoms with van der Waals surface area (Å²) in [5, 5.41) is -0.222. The molecule has 4 rings (SSSR count). The Morgan fingerprint density at radius 3 is 2.41 bits per heavy atom. The van der Waals surface area contributed by atoms with Crippen molar-refractivity contribution in [3.05, 3.63) is 0 Å². The first kappa shape index (κ1) is 22.2. The summed E-state index contributed by atoms with van der Waals surface area (Å²) >= 11 is 6.53. The molecule has 2 unspecified atom stereocenters. The first-order valence-corrected chi connectivity index (χ1v) is 13.3. The van der Waals surface area contributed by atoms with Crippen LogP contribution in [0.3, 0.4) is 0 Å². The van der Waals surface area contributed by atoms with Crippen molar-refractivity contribution in [2.45, 2.75) is 111 Å². The van der Waals surface area contributed by atoms with Gasteiger partial charge in [0.15, 0.2) is 5.78 Å². The molecule has 9 atom stereocenters. The largest absolute Gasteiger partial charge is 0.298 e. The minimum absolute atomic E-state index is 0.222. The molecule has 0 saturated heterocycles. The van der Waals surface area contributed by atoms with Crippen LogP contribution in [0.25, 0.3) is 0 Å². The lowest BCUT2D eigenvalue weighted by molar-refractivity contribution is -0.139. The van der Waals surface area contributed by atoms with Crippen LogP contribution in [0, 0.1) is 52.3 Å². The van der Waals surface area contributed by atoms with Gasteiger partial charge in [0.05, 0.1) is 5.38 Å². The van der Waals surface area contributed by atoms with Gasteiger partial charge in [-0.3, -0.25) is 4.79 Å². The standard InChI is InChI=1S/C27H45ClO/c1-17(2)7-6-8-18(3)21-11-12-22-20-10-9-19-15-25(29)24(28)16-27(19,5)23(20)13-14-26(21,22)4/h17-24H,6-16H2,1-5H3/t18-,19?,20+,21-,22+,23+,24?,26-,27+/m1/s1. The molecular weight excluding hydrogens is 376 g/mol. The van der Waals surface area contributed by atoms with E-state index in [4.69, 9.17) is 11.6 Å². The van der Waals surface area contributed by atoms with Crippen LogP contribution in [0.5, 0.6) is 0 Å². The summed E-state index contributed by atoms with van der Waals surface area (Å²) in [6.45, 7) is 12.5. The molecule has 0 radical (unpaired) electrons. The molecule has 166 valence electrons. The highest BCUT2D eigenvalue weighted by Gasteiger charge is 2.61. The maximum absolute atomic E-state index is 12.3. The minimum Gasteiger partial charge on any atom is -0.298 e. The summed E-state index contributed by atoms with van der Waals surface area (Å²) < 4.78 is 0. The van der Waals surface area contributed by atoms with Crippen molar-refractivity contribution < 1.29 is 4.79 Å². The predicted molar refractivity (Wildman–Crippen MR) is 123 cm³/mol. The monoisotopic (exact) mass is 420 g/mol. The smallest absolute Gasteiger partial charge is 0.150 e. The Morgan fingerprint density at radius 2 is 1.69 bits per heavy atom. The van der Waals surface area contributed by atoms with Gasteiger partial charge in [0.1, 0.15) is 0 Å². The first-order valence-electron chi connectivity index (χ1n) is 12.8. The second-order valence-corrected chi connectivity index (χ2v) is 13.1. The van der Waals surface area contributed by atoms with Crippen molar-refractivity contribution in [1.29, 1.82) is 0 Å². The second kappa shape index (κ2) is 8.14. The quantitative estimate of drug-likeness (QED) is 0.413. The number of ketones is 1. The molecule has 0 aromatic heterocycles. The van der Waals surface area contributed by atoms with Gasteiger partial charge in [-0.1, -0.05) is 53.9 Å². The molecule has 4 saturated carbocycles. The Hall–Kier alpha value is -0.0400. The van der Waals surface area contributed by atoms with E-state index >= 15 is 0 Å². The molecule has 0 bridgehead atoms. The van der Waals surface area contributed by atoms with Crippen LogP contribution in [-0.2, 0) is 4.79 Å². The molecule has 0 aliphatic heterocycles. The molecule has 0 heterocycles. The lowest BCUT2D eigenvalue weighted by Gasteiger charge is -2.61. The molecule has 0 aromatic rings. The Bertz CT molecular complexity index is 614. The molecule has 4 aliphatic rings. The van der Waals surface area contributed by atoms with Crippen molar-refractivity contribution in [3.8, 4) is 0 Å². The molecule has 0 spiro atoms. The number of carbonyl (C=O) groups excluding carboxylic acids is 1. The van der Waals surface area contributed by atoms with Crippen LogP contribution in [0.1, 0.15) is 105 Å². The lowest BCUT2D eigenvalue weighted by Crippen LogP contribution is -2.55. The fourth-order valence-electron chi connectivity index (χ4n) is 9.08. The van der Waals surface area contributed by atoms with Crippen LogP contribution in [-0.4, -0.2) is 11.2 Å². The number of halogens is 1. The Kier molecular flexibility index (Phi) is 6.22. The lowest BCUT2D eigenvalue weighted by atomic mass is 9.44. The second-order valence-electron chi connectivity index (χ2n) is 12.5. The van der Waals surface area contributed by atoms with E-state index in [2.05, 4.69) is 34.6 Å². The van der Waals surface area contributed by atoms with Crippen molar-refractivity contribution in [2.24, 2.45) is 52.3 Å². The molecule has 2 heteroatoms. The third-order valence-corrected chi connectivity index (χ3v) is 11.1. The average Bonchev–Trinajstić information content (AvgIpc) is 3.00. The number of alkyl halides is 1. The van der Waals surface area contributed by atoms with Crippen molar-refractivity contribution in [2.75, 3.05) is 0 Å². The highest BCUT2D eigenvalue weighted by molar-refractivity contribution is 6.31.